The van der Waals surface area contributed by atoms with Gasteiger partial charge in [-0.25, -0.2) is 9.18 Å². The minimum Gasteiger partial charge on any atom is -0.494 e. The van der Waals surface area contributed by atoms with Crippen LogP contribution in [-0.4, -0.2) is 42.0 Å². The van der Waals surface area contributed by atoms with Gasteiger partial charge in [-0.15, -0.1) is 0 Å². The first-order valence-electron chi connectivity index (χ1n) is 8.28. The maximum atomic E-state index is 13.7. The number of ether oxygens (including phenoxy) is 2. The Bertz CT molecular complexity index is 961. The summed E-state index contributed by atoms with van der Waals surface area (Å²) in [5.74, 6) is -1.87. The Morgan fingerprint density at radius 3 is 2.79 bits per heavy atom. The third kappa shape index (κ3) is 3.94. The number of rotatable bonds is 8. The summed E-state index contributed by atoms with van der Waals surface area (Å²) in [6, 6.07) is 8.80. The van der Waals surface area contributed by atoms with Crippen LogP contribution in [0.2, 0.25) is 0 Å². The van der Waals surface area contributed by atoms with Crippen molar-refractivity contribution in [2.75, 3.05) is 26.1 Å². The highest BCUT2D eigenvalue weighted by molar-refractivity contribution is 5.99. The SMILES string of the molecule is COCC(Nc1noc(-c2ccc(F)c(OC)c2)c1C(=O)O)c1ccccn1. The number of anilines is 1. The van der Waals surface area contributed by atoms with Gasteiger partial charge in [0.25, 0.3) is 0 Å². The third-order valence-corrected chi connectivity index (χ3v) is 4.01. The van der Waals surface area contributed by atoms with E-state index in [2.05, 4.69) is 15.5 Å². The van der Waals surface area contributed by atoms with E-state index in [1.165, 1.54) is 26.4 Å². The average Bonchev–Trinajstić information content (AvgIpc) is 3.12. The molecule has 0 radical (unpaired) electrons. The summed E-state index contributed by atoms with van der Waals surface area (Å²) in [6.07, 6.45) is 1.62. The summed E-state index contributed by atoms with van der Waals surface area (Å²) in [4.78, 5) is 16.1. The van der Waals surface area contributed by atoms with Crippen LogP contribution in [0.4, 0.5) is 10.2 Å². The number of pyridine rings is 1. The first-order chi connectivity index (χ1) is 13.5. The number of carboxylic acids is 1. The monoisotopic (exact) mass is 387 g/mol. The van der Waals surface area contributed by atoms with E-state index in [1.54, 1.807) is 18.3 Å². The average molecular weight is 387 g/mol. The van der Waals surface area contributed by atoms with Crippen LogP contribution in [0.3, 0.4) is 0 Å². The zero-order chi connectivity index (χ0) is 20.1. The third-order valence-electron chi connectivity index (χ3n) is 4.01. The van der Waals surface area contributed by atoms with Crippen molar-refractivity contribution in [3.63, 3.8) is 0 Å². The molecule has 2 N–H and O–H groups in total. The van der Waals surface area contributed by atoms with Crippen LogP contribution in [0, 0.1) is 5.82 Å². The van der Waals surface area contributed by atoms with Gasteiger partial charge in [0.2, 0.25) is 0 Å². The zero-order valence-corrected chi connectivity index (χ0v) is 15.2. The molecule has 1 aromatic carbocycles. The van der Waals surface area contributed by atoms with Crippen molar-refractivity contribution in [3.05, 3.63) is 59.7 Å². The van der Waals surface area contributed by atoms with Gasteiger partial charge in [-0.1, -0.05) is 11.2 Å². The van der Waals surface area contributed by atoms with Gasteiger partial charge in [0.05, 0.1) is 25.5 Å². The van der Waals surface area contributed by atoms with E-state index in [1.807, 2.05) is 6.07 Å². The highest BCUT2D eigenvalue weighted by Crippen LogP contribution is 2.33. The topological polar surface area (TPSA) is 107 Å². The maximum absolute atomic E-state index is 13.7. The fourth-order valence-electron chi connectivity index (χ4n) is 2.70. The molecule has 0 aliphatic rings. The maximum Gasteiger partial charge on any atom is 0.343 e. The van der Waals surface area contributed by atoms with Crippen molar-refractivity contribution in [3.8, 4) is 17.1 Å². The van der Waals surface area contributed by atoms with E-state index in [-0.39, 0.29) is 29.5 Å². The van der Waals surface area contributed by atoms with Gasteiger partial charge in [-0.3, -0.25) is 4.98 Å². The van der Waals surface area contributed by atoms with Gasteiger partial charge in [-0.05, 0) is 30.3 Å². The van der Waals surface area contributed by atoms with E-state index in [0.717, 1.165) is 6.07 Å². The van der Waals surface area contributed by atoms with Crippen LogP contribution in [0.15, 0.2) is 47.1 Å². The summed E-state index contributed by atoms with van der Waals surface area (Å²) in [7, 11) is 2.84. The first-order valence-corrected chi connectivity index (χ1v) is 8.28. The number of methoxy groups -OCH3 is 2. The van der Waals surface area contributed by atoms with E-state index in [9.17, 15) is 14.3 Å². The molecule has 0 saturated heterocycles. The number of carboxylic acid groups (broad SMARTS) is 1. The van der Waals surface area contributed by atoms with Crippen LogP contribution >= 0.6 is 0 Å². The highest BCUT2D eigenvalue weighted by atomic mass is 19.1. The van der Waals surface area contributed by atoms with Gasteiger partial charge >= 0.3 is 5.97 Å². The fraction of sp³-hybridized carbons (Fsp3) is 0.211. The normalized spacial score (nSPS) is 11.8. The predicted octanol–water partition coefficient (Wildman–Crippen LogP) is 3.38. The van der Waals surface area contributed by atoms with Crippen LogP contribution < -0.4 is 10.1 Å². The number of nitrogens with zero attached hydrogens (tertiary/aromatic N) is 2. The van der Waals surface area contributed by atoms with E-state index in [4.69, 9.17) is 14.0 Å². The largest absolute Gasteiger partial charge is 0.494 e. The van der Waals surface area contributed by atoms with Gasteiger partial charge in [0.15, 0.2) is 28.7 Å². The molecule has 0 fully saturated rings. The minimum absolute atomic E-state index is 0.0125. The second-order valence-corrected chi connectivity index (χ2v) is 5.80. The molecule has 1 atom stereocenters. The van der Waals surface area contributed by atoms with Gasteiger partial charge in [-0.2, -0.15) is 0 Å². The standard InChI is InChI=1S/C19H18FN3O5/c1-26-10-14(13-5-3-4-8-21-13)22-18-16(19(24)25)17(28-23-18)11-6-7-12(20)15(9-11)27-2/h3-9,14H,10H2,1-2H3,(H,22,23)(H,24,25). The lowest BCUT2D eigenvalue weighted by Crippen LogP contribution is -2.19. The lowest BCUT2D eigenvalue weighted by molar-refractivity contribution is 0.0698. The van der Waals surface area contributed by atoms with Gasteiger partial charge < -0.3 is 24.4 Å². The second-order valence-electron chi connectivity index (χ2n) is 5.80. The first kappa shape index (κ1) is 19.3. The van der Waals surface area contributed by atoms with Crippen LogP contribution in [0.1, 0.15) is 22.1 Å². The molecule has 2 heterocycles. The number of nitrogens with one attached hydrogen (secondary N) is 1. The fourth-order valence-corrected chi connectivity index (χ4v) is 2.70. The Morgan fingerprint density at radius 2 is 2.14 bits per heavy atom. The molecule has 0 bridgehead atoms. The van der Waals surface area contributed by atoms with Crippen LogP contribution in [0.25, 0.3) is 11.3 Å². The summed E-state index contributed by atoms with van der Waals surface area (Å²) in [6.45, 7) is 0.225. The Morgan fingerprint density at radius 1 is 1.32 bits per heavy atom. The smallest absolute Gasteiger partial charge is 0.343 e. The number of benzene rings is 1. The van der Waals surface area contributed by atoms with E-state index < -0.39 is 17.8 Å². The number of halogens is 1. The van der Waals surface area contributed by atoms with Crippen molar-refractivity contribution in [1.29, 1.82) is 0 Å². The molecule has 0 saturated carbocycles. The zero-order valence-electron chi connectivity index (χ0n) is 15.2. The van der Waals surface area contributed by atoms with E-state index >= 15 is 0 Å². The molecule has 3 aromatic rings. The van der Waals surface area contributed by atoms with Crippen molar-refractivity contribution in [1.82, 2.24) is 10.1 Å². The highest BCUT2D eigenvalue weighted by Gasteiger charge is 2.27. The Kier molecular flexibility index (Phi) is 5.85. The predicted molar refractivity (Wildman–Crippen MR) is 97.9 cm³/mol. The molecule has 0 amide bonds. The number of aromatic carboxylic acids is 1. The minimum atomic E-state index is -1.25. The number of aromatic nitrogens is 2. The number of carbonyl (C=O) groups is 1. The van der Waals surface area contributed by atoms with Crippen molar-refractivity contribution in [2.45, 2.75) is 6.04 Å². The molecule has 146 valence electrons. The number of hydrogen-bond donors (Lipinski definition) is 2. The molecule has 1 unspecified atom stereocenters. The molecule has 0 spiro atoms. The van der Waals surface area contributed by atoms with E-state index in [0.29, 0.717) is 11.3 Å². The lowest BCUT2D eigenvalue weighted by Gasteiger charge is -2.17. The van der Waals surface area contributed by atoms with Crippen molar-refractivity contribution < 1.29 is 28.3 Å². The lowest BCUT2D eigenvalue weighted by atomic mass is 10.1. The van der Waals surface area contributed by atoms with Crippen molar-refractivity contribution in [2.24, 2.45) is 0 Å². The Balaban J connectivity index is 2.00. The summed E-state index contributed by atoms with van der Waals surface area (Å²) >= 11 is 0. The molecule has 8 nitrogen and oxygen atoms in total. The van der Waals surface area contributed by atoms with Gasteiger partial charge in [0, 0.05) is 18.9 Å². The van der Waals surface area contributed by atoms with Gasteiger partial charge in [0.1, 0.15) is 0 Å². The molecule has 0 aliphatic heterocycles. The number of hydrogen-bond acceptors (Lipinski definition) is 7. The van der Waals surface area contributed by atoms with Crippen LogP contribution in [0.5, 0.6) is 5.75 Å². The molecule has 9 heteroatoms. The summed E-state index contributed by atoms with van der Waals surface area (Å²) in [5, 5.41) is 16.6. The van der Waals surface area contributed by atoms with Crippen molar-refractivity contribution >= 4 is 11.8 Å². The quantitative estimate of drug-likeness (QED) is 0.606. The Labute approximate surface area is 159 Å². The molecule has 3 rings (SSSR count). The van der Waals surface area contributed by atoms with Crippen LogP contribution in [-0.2, 0) is 4.74 Å². The molecular weight excluding hydrogens is 369 g/mol. The Hall–Kier alpha value is -3.46. The molecule has 0 aliphatic carbocycles. The summed E-state index contributed by atoms with van der Waals surface area (Å²) < 4.78 is 29.1. The molecular formula is C19H18FN3O5. The molecule has 28 heavy (non-hydrogen) atoms. The second kappa shape index (κ2) is 8.49. The molecule has 2 aromatic heterocycles. The summed E-state index contributed by atoms with van der Waals surface area (Å²) in [5.41, 5.74) is 0.775.